The van der Waals surface area contributed by atoms with Crippen LogP contribution in [0.4, 0.5) is 5.69 Å². The Labute approximate surface area is 145 Å². The number of hydrogen-bond donors (Lipinski definition) is 2. The van der Waals surface area contributed by atoms with E-state index >= 15 is 0 Å². The summed E-state index contributed by atoms with van der Waals surface area (Å²) in [7, 11) is 4.62. The summed E-state index contributed by atoms with van der Waals surface area (Å²) in [4.78, 5) is 12.3. The summed E-state index contributed by atoms with van der Waals surface area (Å²) in [6.07, 6.45) is 0. The fourth-order valence-electron chi connectivity index (χ4n) is 2.02. The van der Waals surface area contributed by atoms with Crippen LogP contribution in [0.1, 0.15) is 10.4 Å². The number of hydrogen-bond acceptors (Lipinski definition) is 5. The lowest BCUT2D eigenvalue weighted by molar-refractivity contribution is 0.0977. The van der Waals surface area contributed by atoms with Crippen LogP contribution in [0.15, 0.2) is 42.5 Å². The molecule has 0 aliphatic heterocycles. The largest absolute Gasteiger partial charge is 0.497 e. The number of benzene rings is 2. The smallest absolute Gasteiger partial charge is 0.257 e. The van der Waals surface area contributed by atoms with Crippen molar-refractivity contribution >= 4 is 28.9 Å². The van der Waals surface area contributed by atoms with E-state index in [4.69, 9.17) is 26.4 Å². The Kier molecular flexibility index (Phi) is 5.97. The van der Waals surface area contributed by atoms with Crippen molar-refractivity contribution in [2.45, 2.75) is 0 Å². The molecule has 6 nitrogen and oxygen atoms in total. The molecule has 0 aromatic heterocycles. The minimum atomic E-state index is -0.351. The van der Waals surface area contributed by atoms with Crippen LogP contribution in [0.3, 0.4) is 0 Å². The number of anilines is 1. The van der Waals surface area contributed by atoms with Crippen molar-refractivity contribution < 1.29 is 19.0 Å². The van der Waals surface area contributed by atoms with E-state index in [1.54, 1.807) is 31.4 Å². The lowest BCUT2D eigenvalue weighted by Gasteiger charge is -2.12. The van der Waals surface area contributed by atoms with Gasteiger partial charge in [0.05, 0.1) is 21.3 Å². The lowest BCUT2D eigenvalue weighted by atomic mass is 10.2. The van der Waals surface area contributed by atoms with Gasteiger partial charge in [-0.3, -0.25) is 10.1 Å². The van der Waals surface area contributed by atoms with Crippen LogP contribution in [0.2, 0.25) is 0 Å². The lowest BCUT2D eigenvalue weighted by Crippen LogP contribution is -2.34. The second-order valence-corrected chi connectivity index (χ2v) is 5.12. The van der Waals surface area contributed by atoms with Crippen LogP contribution in [-0.2, 0) is 0 Å². The molecule has 0 heterocycles. The van der Waals surface area contributed by atoms with Crippen molar-refractivity contribution in [3.63, 3.8) is 0 Å². The molecule has 2 aromatic rings. The summed E-state index contributed by atoms with van der Waals surface area (Å²) >= 11 is 5.16. The maximum Gasteiger partial charge on any atom is 0.257 e. The van der Waals surface area contributed by atoms with Gasteiger partial charge < -0.3 is 19.5 Å². The van der Waals surface area contributed by atoms with Gasteiger partial charge in [-0.05, 0) is 42.5 Å². The van der Waals surface area contributed by atoms with Crippen molar-refractivity contribution in [3.8, 4) is 17.2 Å². The first-order valence-electron chi connectivity index (χ1n) is 7.05. The molecule has 0 bridgehead atoms. The van der Waals surface area contributed by atoms with Crippen molar-refractivity contribution in [2.75, 3.05) is 26.6 Å². The topological polar surface area (TPSA) is 68.8 Å². The molecule has 7 heteroatoms. The number of thiocarbonyl (C=S) groups is 1. The molecule has 126 valence electrons. The van der Waals surface area contributed by atoms with Crippen molar-refractivity contribution in [1.82, 2.24) is 5.32 Å². The first-order valence-corrected chi connectivity index (χ1v) is 7.46. The third-order valence-electron chi connectivity index (χ3n) is 3.20. The number of nitrogens with one attached hydrogen (secondary N) is 2. The number of carbonyl (C=O) groups excluding carboxylic acids is 1. The normalized spacial score (nSPS) is 9.79. The molecule has 2 N–H and O–H groups in total. The molecule has 0 atom stereocenters. The molecule has 0 radical (unpaired) electrons. The number of ether oxygens (including phenoxy) is 3. The van der Waals surface area contributed by atoms with E-state index < -0.39 is 0 Å². The van der Waals surface area contributed by atoms with Gasteiger partial charge in [0.25, 0.3) is 5.91 Å². The number of methoxy groups -OCH3 is 3. The zero-order valence-electron chi connectivity index (χ0n) is 13.6. The summed E-state index contributed by atoms with van der Waals surface area (Å²) in [6.45, 7) is 0. The van der Waals surface area contributed by atoms with E-state index in [9.17, 15) is 4.79 Å². The van der Waals surface area contributed by atoms with E-state index in [2.05, 4.69) is 10.6 Å². The molecule has 0 spiro atoms. The van der Waals surface area contributed by atoms with Crippen molar-refractivity contribution in [1.29, 1.82) is 0 Å². The van der Waals surface area contributed by atoms with Crippen molar-refractivity contribution in [2.24, 2.45) is 0 Å². The predicted molar refractivity (Wildman–Crippen MR) is 96.2 cm³/mol. The van der Waals surface area contributed by atoms with Crippen LogP contribution >= 0.6 is 12.2 Å². The van der Waals surface area contributed by atoms with Crippen molar-refractivity contribution in [3.05, 3.63) is 48.0 Å². The highest BCUT2D eigenvalue weighted by Crippen LogP contribution is 2.27. The van der Waals surface area contributed by atoms with E-state index in [1.807, 2.05) is 18.2 Å². The summed E-state index contributed by atoms with van der Waals surface area (Å²) in [6, 6.07) is 12.1. The Morgan fingerprint density at radius 2 is 1.71 bits per heavy atom. The second-order valence-electron chi connectivity index (χ2n) is 4.71. The minimum Gasteiger partial charge on any atom is -0.497 e. The third kappa shape index (κ3) is 4.36. The minimum absolute atomic E-state index is 0.183. The molecule has 2 rings (SSSR count). The second kappa shape index (κ2) is 8.16. The Hall–Kier alpha value is -2.80. The Balaban J connectivity index is 2.04. The fraction of sp³-hybridized carbons (Fsp3) is 0.176. The Morgan fingerprint density at radius 1 is 0.958 bits per heavy atom. The monoisotopic (exact) mass is 346 g/mol. The van der Waals surface area contributed by atoms with Gasteiger partial charge >= 0.3 is 0 Å². The quantitative estimate of drug-likeness (QED) is 0.812. The molecule has 2 aromatic carbocycles. The van der Waals surface area contributed by atoms with Crippen LogP contribution < -0.4 is 24.8 Å². The number of amides is 1. The highest BCUT2D eigenvalue weighted by atomic mass is 32.1. The van der Waals surface area contributed by atoms with Gasteiger partial charge in [-0.15, -0.1) is 0 Å². The average molecular weight is 346 g/mol. The first kappa shape index (κ1) is 17.6. The molecular weight excluding hydrogens is 328 g/mol. The van der Waals surface area contributed by atoms with Gasteiger partial charge in [-0.1, -0.05) is 6.07 Å². The van der Waals surface area contributed by atoms with E-state index in [0.29, 0.717) is 28.5 Å². The molecule has 0 unspecified atom stereocenters. The number of rotatable bonds is 5. The summed E-state index contributed by atoms with van der Waals surface area (Å²) in [5.74, 6) is 1.35. The molecular formula is C17H18N2O4S. The SMILES string of the molecule is COc1cccc(NC(=S)NC(=O)c2ccc(OC)c(OC)c2)c1. The molecule has 0 fully saturated rings. The van der Waals surface area contributed by atoms with Crippen LogP contribution in [-0.4, -0.2) is 32.3 Å². The maximum atomic E-state index is 12.3. The third-order valence-corrected chi connectivity index (χ3v) is 3.40. The van der Waals surface area contributed by atoms with Gasteiger partial charge in [-0.2, -0.15) is 0 Å². The van der Waals surface area contributed by atoms with E-state index in [-0.39, 0.29) is 11.0 Å². The van der Waals surface area contributed by atoms with Crippen LogP contribution in [0.5, 0.6) is 17.2 Å². The Bertz CT molecular complexity index is 749. The molecule has 1 amide bonds. The van der Waals surface area contributed by atoms with Gasteiger partial charge in [0.15, 0.2) is 16.6 Å². The van der Waals surface area contributed by atoms with Crippen LogP contribution in [0, 0.1) is 0 Å². The molecule has 0 saturated heterocycles. The van der Waals surface area contributed by atoms with Crippen LogP contribution in [0.25, 0.3) is 0 Å². The van der Waals surface area contributed by atoms with E-state index in [1.165, 1.54) is 14.2 Å². The number of carbonyl (C=O) groups is 1. The summed E-state index contributed by atoms with van der Waals surface area (Å²) in [5.41, 5.74) is 1.12. The van der Waals surface area contributed by atoms with Gasteiger partial charge in [0.1, 0.15) is 5.75 Å². The Morgan fingerprint density at radius 3 is 2.38 bits per heavy atom. The standard InChI is InChI=1S/C17H18N2O4S/c1-21-13-6-4-5-12(10-13)18-17(24)19-16(20)11-7-8-14(22-2)15(9-11)23-3/h4-10H,1-3H3,(H2,18,19,20,24). The van der Waals surface area contributed by atoms with Gasteiger partial charge in [0, 0.05) is 17.3 Å². The van der Waals surface area contributed by atoms with Gasteiger partial charge in [0.2, 0.25) is 0 Å². The highest BCUT2D eigenvalue weighted by Gasteiger charge is 2.12. The summed E-state index contributed by atoms with van der Waals surface area (Å²) < 4.78 is 15.5. The average Bonchev–Trinajstić information content (AvgIpc) is 2.60. The summed E-state index contributed by atoms with van der Waals surface area (Å²) in [5, 5.41) is 5.73. The molecule has 24 heavy (non-hydrogen) atoms. The zero-order chi connectivity index (χ0) is 17.5. The molecule has 0 aliphatic carbocycles. The fourth-order valence-corrected chi connectivity index (χ4v) is 2.23. The maximum absolute atomic E-state index is 12.3. The zero-order valence-corrected chi connectivity index (χ0v) is 14.4. The first-order chi connectivity index (χ1) is 11.6. The predicted octanol–water partition coefficient (Wildman–Crippen LogP) is 2.84. The molecule has 0 saturated carbocycles. The molecule has 0 aliphatic rings. The van der Waals surface area contributed by atoms with Gasteiger partial charge in [-0.25, -0.2) is 0 Å². The highest BCUT2D eigenvalue weighted by molar-refractivity contribution is 7.80. The van der Waals surface area contributed by atoms with E-state index in [0.717, 1.165) is 0 Å².